The number of aryl methyl sites for hydroxylation is 2. The van der Waals surface area contributed by atoms with Crippen molar-refractivity contribution in [2.75, 3.05) is 6.61 Å². The quantitative estimate of drug-likeness (QED) is 0.790. The largest absolute Gasteiger partial charge is 0.491 e. The van der Waals surface area contributed by atoms with Gasteiger partial charge in [-0.25, -0.2) is 4.98 Å². The fourth-order valence-electron chi connectivity index (χ4n) is 2.17. The van der Waals surface area contributed by atoms with E-state index in [1.54, 1.807) is 36.6 Å². The lowest BCUT2D eigenvalue weighted by Crippen LogP contribution is -2.26. The summed E-state index contributed by atoms with van der Waals surface area (Å²) in [6.07, 6.45) is 0. The van der Waals surface area contributed by atoms with Crippen LogP contribution in [0.2, 0.25) is 0 Å². The molecule has 0 radical (unpaired) electrons. The molecular formula is C16H18N2O3. The van der Waals surface area contributed by atoms with Gasteiger partial charge >= 0.3 is 0 Å². The Balaban J connectivity index is 2.09. The highest BCUT2D eigenvalue weighted by molar-refractivity contribution is 5.96. The van der Waals surface area contributed by atoms with Crippen LogP contribution in [-0.4, -0.2) is 21.9 Å². The van der Waals surface area contributed by atoms with Crippen molar-refractivity contribution in [2.45, 2.75) is 27.3 Å². The molecule has 1 heterocycles. The average Bonchev–Trinajstić information content (AvgIpc) is 2.42. The van der Waals surface area contributed by atoms with E-state index in [2.05, 4.69) is 4.98 Å². The Labute approximate surface area is 123 Å². The summed E-state index contributed by atoms with van der Waals surface area (Å²) >= 11 is 0. The zero-order valence-electron chi connectivity index (χ0n) is 12.4. The minimum absolute atomic E-state index is 0.0454. The summed E-state index contributed by atoms with van der Waals surface area (Å²) in [7, 11) is 0. The molecule has 0 spiro atoms. The second-order valence-electron chi connectivity index (χ2n) is 4.84. The molecule has 110 valence electrons. The van der Waals surface area contributed by atoms with E-state index in [1.165, 1.54) is 13.0 Å². The number of hydrogen-bond donors (Lipinski definition) is 0. The molecule has 0 aliphatic rings. The molecule has 2 aromatic rings. The van der Waals surface area contributed by atoms with Crippen LogP contribution in [0.4, 0.5) is 0 Å². The van der Waals surface area contributed by atoms with Crippen molar-refractivity contribution in [3.05, 3.63) is 57.8 Å². The van der Waals surface area contributed by atoms with Crippen LogP contribution in [0.3, 0.4) is 0 Å². The number of Topliss-reactive ketones (excluding diaryl/α,β-unsaturated/α-hetero) is 1. The highest BCUT2D eigenvalue weighted by Gasteiger charge is 2.08. The SMILES string of the molecule is CC(=O)c1ccccc1OCCn1c(C)nc(C)cc1=O. The van der Waals surface area contributed by atoms with Gasteiger partial charge in [-0.3, -0.25) is 14.2 Å². The molecule has 0 N–H and O–H groups in total. The number of carbonyl (C=O) groups is 1. The number of ketones is 1. The number of carbonyl (C=O) groups excluding carboxylic acids is 1. The molecule has 0 atom stereocenters. The van der Waals surface area contributed by atoms with E-state index >= 15 is 0 Å². The van der Waals surface area contributed by atoms with Gasteiger partial charge in [0.25, 0.3) is 5.56 Å². The van der Waals surface area contributed by atoms with Gasteiger partial charge in [-0.15, -0.1) is 0 Å². The van der Waals surface area contributed by atoms with Gasteiger partial charge in [-0.1, -0.05) is 12.1 Å². The van der Waals surface area contributed by atoms with Crippen molar-refractivity contribution >= 4 is 5.78 Å². The smallest absolute Gasteiger partial charge is 0.253 e. The minimum Gasteiger partial charge on any atom is -0.491 e. The third kappa shape index (κ3) is 3.56. The number of hydrogen-bond acceptors (Lipinski definition) is 4. The van der Waals surface area contributed by atoms with E-state index in [1.807, 2.05) is 6.07 Å². The number of nitrogens with zero attached hydrogens (tertiary/aromatic N) is 2. The molecular weight excluding hydrogens is 268 g/mol. The van der Waals surface area contributed by atoms with Crippen molar-refractivity contribution in [3.8, 4) is 5.75 Å². The fourth-order valence-corrected chi connectivity index (χ4v) is 2.17. The lowest BCUT2D eigenvalue weighted by atomic mass is 10.1. The molecule has 21 heavy (non-hydrogen) atoms. The van der Waals surface area contributed by atoms with Crippen LogP contribution in [0.1, 0.15) is 28.8 Å². The van der Waals surface area contributed by atoms with E-state index in [4.69, 9.17) is 4.74 Å². The fraction of sp³-hybridized carbons (Fsp3) is 0.312. The summed E-state index contributed by atoms with van der Waals surface area (Å²) in [5, 5.41) is 0. The van der Waals surface area contributed by atoms with Crippen molar-refractivity contribution in [2.24, 2.45) is 0 Å². The van der Waals surface area contributed by atoms with Crippen LogP contribution in [0.5, 0.6) is 5.75 Å². The second-order valence-corrected chi connectivity index (χ2v) is 4.84. The van der Waals surface area contributed by atoms with Crippen molar-refractivity contribution in [1.82, 2.24) is 9.55 Å². The lowest BCUT2D eigenvalue weighted by molar-refractivity contribution is 0.101. The number of rotatable bonds is 5. The number of para-hydroxylation sites is 1. The Morgan fingerprint density at radius 3 is 2.67 bits per heavy atom. The van der Waals surface area contributed by atoms with Crippen molar-refractivity contribution < 1.29 is 9.53 Å². The first-order valence-electron chi connectivity index (χ1n) is 6.77. The van der Waals surface area contributed by atoms with Gasteiger partial charge in [-0.05, 0) is 32.9 Å². The molecule has 0 bridgehead atoms. The van der Waals surface area contributed by atoms with Gasteiger partial charge in [0.15, 0.2) is 5.78 Å². The maximum absolute atomic E-state index is 11.9. The number of aromatic nitrogens is 2. The van der Waals surface area contributed by atoms with E-state index in [9.17, 15) is 9.59 Å². The molecule has 1 aromatic heterocycles. The van der Waals surface area contributed by atoms with Crippen LogP contribution in [0.15, 0.2) is 35.1 Å². The maximum atomic E-state index is 11.9. The van der Waals surface area contributed by atoms with Gasteiger partial charge in [-0.2, -0.15) is 0 Å². The first-order chi connectivity index (χ1) is 9.99. The molecule has 0 amide bonds. The molecule has 2 rings (SSSR count). The van der Waals surface area contributed by atoms with Crippen molar-refractivity contribution in [3.63, 3.8) is 0 Å². The Hall–Kier alpha value is -2.43. The second kappa shape index (κ2) is 6.35. The van der Waals surface area contributed by atoms with Crippen LogP contribution >= 0.6 is 0 Å². The number of ether oxygens (including phenoxy) is 1. The molecule has 0 aliphatic heterocycles. The third-order valence-electron chi connectivity index (χ3n) is 3.17. The average molecular weight is 286 g/mol. The maximum Gasteiger partial charge on any atom is 0.253 e. The highest BCUT2D eigenvalue weighted by atomic mass is 16.5. The molecule has 5 nitrogen and oxygen atoms in total. The Kier molecular flexibility index (Phi) is 4.52. The van der Waals surface area contributed by atoms with E-state index in [0.29, 0.717) is 36.0 Å². The summed E-state index contributed by atoms with van der Waals surface area (Å²) in [5.41, 5.74) is 1.16. The highest BCUT2D eigenvalue weighted by Crippen LogP contribution is 2.18. The summed E-state index contributed by atoms with van der Waals surface area (Å²) in [6.45, 7) is 5.77. The molecule has 5 heteroatoms. The molecule has 0 unspecified atom stereocenters. The monoisotopic (exact) mass is 286 g/mol. The van der Waals surface area contributed by atoms with Crippen molar-refractivity contribution in [1.29, 1.82) is 0 Å². The standard InChI is InChI=1S/C16H18N2O3/c1-11-10-16(20)18(13(3)17-11)8-9-21-15-7-5-4-6-14(15)12(2)19/h4-7,10H,8-9H2,1-3H3. The van der Waals surface area contributed by atoms with Crippen LogP contribution < -0.4 is 10.3 Å². The zero-order valence-corrected chi connectivity index (χ0v) is 12.4. The molecule has 0 aliphatic carbocycles. The zero-order chi connectivity index (χ0) is 15.4. The first-order valence-corrected chi connectivity index (χ1v) is 6.77. The third-order valence-corrected chi connectivity index (χ3v) is 3.17. The normalized spacial score (nSPS) is 10.4. The number of benzene rings is 1. The van der Waals surface area contributed by atoms with Gasteiger partial charge < -0.3 is 4.74 Å². The van der Waals surface area contributed by atoms with Gasteiger partial charge in [0, 0.05) is 11.8 Å². The topological polar surface area (TPSA) is 61.2 Å². The Morgan fingerprint density at radius 1 is 1.29 bits per heavy atom. The first kappa shape index (κ1) is 15.0. The Bertz CT molecular complexity index is 720. The predicted molar refractivity (Wildman–Crippen MR) is 79.9 cm³/mol. The lowest BCUT2D eigenvalue weighted by Gasteiger charge is -2.12. The Morgan fingerprint density at radius 2 is 2.00 bits per heavy atom. The summed E-state index contributed by atoms with van der Waals surface area (Å²) < 4.78 is 7.19. The molecule has 0 saturated carbocycles. The predicted octanol–water partition coefficient (Wildman–Crippen LogP) is 2.14. The molecule has 0 saturated heterocycles. The molecule has 1 aromatic carbocycles. The van der Waals surface area contributed by atoms with Gasteiger partial charge in [0.2, 0.25) is 0 Å². The summed E-state index contributed by atoms with van der Waals surface area (Å²) in [5.74, 6) is 1.15. The van der Waals surface area contributed by atoms with Crippen LogP contribution in [0.25, 0.3) is 0 Å². The van der Waals surface area contributed by atoms with E-state index in [-0.39, 0.29) is 11.3 Å². The molecule has 0 fully saturated rings. The van der Waals surface area contributed by atoms with Gasteiger partial charge in [0.05, 0.1) is 12.1 Å². The van der Waals surface area contributed by atoms with Crippen LogP contribution in [-0.2, 0) is 6.54 Å². The van der Waals surface area contributed by atoms with Gasteiger partial charge in [0.1, 0.15) is 18.2 Å². The van der Waals surface area contributed by atoms with Crippen LogP contribution in [0, 0.1) is 13.8 Å². The minimum atomic E-state index is -0.0940. The van der Waals surface area contributed by atoms with E-state index in [0.717, 1.165) is 0 Å². The summed E-state index contributed by atoms with van der Waals surface area (Å²) in [4.78, 5) is 27.7. The summed E-state index contributed by atoms with van der Waals surface area (Å²) in [6, 6.07) is 8.58. The van der Waals surface area contributed by atoms with E-state index < -0.39 is 0 Å².